The second-order valence-electron chi connectivity index (χ2n) is 6.20. The molecule has 1 N–H and O–H groups in total. The van der Waals surface area contributed by atoms with Gasteiger partial charge in [-0.1, -0.05) is 59.6 Å². The summed E-state index contributed by atoms with van der Waals surface area (Å²) in [6.07, 6.45) is 5.30. The Morgan fingerprint density at radius 1 is 1.08 bits per heavy atom. The summed E-state index contributed by atoms with van der Waals surface area (Å²) in [5.74, 6) is -0.640. The van der Waals surface area contributed by atoms with Crippen molar-refractivity contribution in [2.45, 2.75) is 18.4 Å². The zero-order chi connectivity index (χ0) is 16.8. The molecule has 24 heavy (non-hydrogen) atoms. The molecule has 2 aromatic rings. The lowest BCUT2D eigenvalue weighted by Gasteiger charge is -2.38. The smallest absolute Gasteiger partial charge is 0.0715 e. The van der Waals surface area contributed by atoms with Crippen LogP contribution in [0.25, 0.3) is 0 Å². The molecule has 1 aliphatic carbocycles. The van der Waals surface area contributed by atoms with Gasteiger partial charge in [-0.05, 0) is 35.6 Å². The van der Waals surface area contributed by atoms with Gasteiger partial charge in [-0.15, -0.1) is 0 Å². The summed E-state index contributed by atoms with van der Waals surface area (Å²) in [5, 5.41) is 15.8. The van der Waals surface area contributed by atoms with Crippen molar-refractivity contribution in [3.05, 3.63) is 75.3 Å². The largest absolute Gasteiger partial charge is 0.545 e. The zero-order valence-corrected chi connectivity index (χ0v) is 14.1. The molecule has 0 bridgehead atoms. The molecule has 3 atom stereocenters. The minimum Gasteiger partial charge on any atom is -0.545 e. The predicted molar refractivity (Wildman–Crippen MR) is 93.6 cm³/mol. The summed E-state index contributed by atoms with van der Waals surface area (Å²) in [6, 6.07) is 10.5. The maximum atomic E-state index is 10.9. The van der Waals surface area contributed by atoms with Gasteiger partial charge in [0.15, 0.2) is 0 Å². The molecule has 0 saturated heterocycles. The van der Waals surface area contributed by atoms with Crippen LogP contribution in [0.15, 0.2) is 48.6 Å². The predicted octanol–water partition coefficient (Wildman–Crippen LogP) is 4.18. The molecule has 1 aliphatic heterocycles. The molecule has 2 aromatic carbocycles. The molecule has 0 saturated carbocycles. The number of carbonyl (C=O) groups is 1. The molecule has 4 rings (SSSR count). The van der Waals surface area contributed by atoms with Gasteiger partial charge in [-0.3, -0.25) is 0 Å². The van der Waals surface area contributed by atoms with Crippen molar-refractivity contribution < 1.29 is 9.90 Å². The number of allylic oxidation sites excluding steroid dienone is 2. The molecule has 1 heterocycles. The van der Waals surface area contributed by atoms with E-state index in [0.717, 1.165) is 23.2 Å². The first kappa shape index (κ1) is 15.6. The van der Waals surface area contributed by atoms with E-state index in [9.17, 15) is 9.90 Å². The first-order valence-corrected chi connectivity index (χ1v) is 8.54. The number of fused-ring (bicyclic) bond motifs is 3. The van der Waals surface area contributed by atoms with Crippen molar-refractivity contribution in [2.75, 3.05) is 5.32 Å². The van der Waals surface area contributed by atoms with Crippen LogP contribution >= 0.6 is 23.2 Å². The minimum absolute atomic E-state index is 0.0456. The van der Waals surface area contributed by atoms with Crippen LogP contribution in [0, 0.1) is 5.92 Å². The third-order valence-electron chi connectivity index (χ3n) is 4.92. The Hall–Kier alpha value is -1.97. The van der Waals surface area contributed by atoms with Crippen molar-refractivity contribution >= 4 is 34.9 Å². The van der Waals surface area contributed by atoms with E-state index < -0.39 is 5.97 Å². The van der Waals surface area contributed by atoms with Gasteiger partial charge in [0.25, 0.3) is 0 Å². The molecule has 0 fully saturated rings. The number of anilines is 1. The molecule has 3 nitrogen and oxygen atoms in total. The quantitative estimate of drug-likeness (QED) is 0.819. The Morgan fingerprint density at radius 3 is 2.50 bits per heavy atom. The van der Waals surface area contributed by atoms with Crippen LogP contribution in [0.4, 0.5) is 5.69 Å². The number of hydrogen-bond donors (Lipinski definition) is 1. The highest BCUT2D eigenvalue weighted by Gasteiger charge is 2.39. The van der Waals surface area contributed by atoms with Gasteiger partial charge in [0, 0.05) is 16.5 Å². The number of halogens is 2. The van der Waals surface area contributed by atoms with Gasteiger partial charge in [0.05, 0.1) is 22.7 Å². The summed E-state index contributed by atoms with van der Waals surface area (Å²) < 4.78 is 0. The van der Waals surface area contributed by atoms with Crippen molar-refractivity contribution in [3.63, 3.8) is 0 Å². The Balaban J connectivity index is 1.78. The number of nitrogens with one attached hydrogen (secondary N) is 1. The van der Waals surface area contributed by atoms with Crippen molar-refractivity contribution in [1.82, 2.24) is 0 Å². The number of carboxylic acid groups (broad SMARTS) is 1. The average molecular weight is 359 g/mol. The molecule has 0 unspecified atom stereocenters. The highest BCUT2D eigenvalue weighted by molar-refractivity contribution is 6.36. The first-order chi connectivity index (χ1) is 11.6. The monoisotopic (exact) mass is 358 g/mol. The van der Waals surface area contributed by atoms with E-state index in [2.05, 4.69) is 17.5 Å². The van der Waals surface area contributed by atoms with Gasteiger partial charge in [-0.2, -0.15) is 0 Å². The summed E-state index contributed by atoms with van der Waals surface area (Å²) in [5.41, 5.74) is 3.12. The Morgan fingerprint density at radius 2 is 1.79 bits per heavy atom. The van der Waals surface area contributed by atoms with E-state index in [1.807, 2.05) is 18.2 Å². The van der Waals surface area contributed by atoms with Gasteiger partial charge < -0.3 is 15.2 Å². The Labute approximate surface area is 149 Å². The SMILES string of the molecule is O=C([O-])c1ccc([C@H]2Nc3c(Cl)ccc(Cl)c3[C@@H]3C=CC[C@@H]23)cc1. The summed E-state index contributed by atoms with van der Waals surface area (Å²) in [6.45, 7) is 0. The number of benzene rings is 2. The van der Waals surface area contributed by atoms with E-state index in [-0.39, 0.29) is 17.5 Å². The number of hydrogen-bond acceptors (Lipinski definition) is 3. The second kappa shape index (κ2) is 5.83. The zero-order valence-electron chi connectivity index (χ0n) is 12.6. The van der Waals surface area contributed by atoms with Gasteiger partial charge in [0.2, 0.25) is 0 Å². The molecule has 0 radical (unpaired) electrons. The van der Waals surface area contributed by atoms with E-state index in [1.165, 1.54) is 0 Å². The normalized spacial score (nSPS) is 24.2. The van der Waals surface area contributed by atoms with Crippen LogP contribution in [0.3, 0.4) is 0 Å². The van der Waals surface area contributed by atoms with Crippen LogP contribution in [0.2, 0.25) is 10.0 Å². The molecule has 5 heteroatoms. The number of rotatable bonds is 2. The van der Waals surface area contributed by atoms with Crippen molar-refractivity contribution in [1.29, 1.82) is 0 Å². The maximum absolute atomic E-state index is 10.9. The fourth-order valence-corrected chi connectivity index (χ4v) is 4.29. The third-order valence-corrected chi connectivity index (χ3v) is 5.57. The van der Waals surface area contributed by atoms with Crippen LogP contribution in [0.5, 0.6) is 0 Å². The first-order valence-electron chi connectivity index (χ1n) is 7.78. The molecule has 0 amide bonds. The van der Waals surface area contributed by atoms with Gasteiger partial charge in [-0.25, -0.2) is 0 Å². The third kappa shape index (κ3) is 2.40. The Bertz CT molecular complexity index is 845. The Kier molecular flexibility index (Phi) is 3.78. The summed E-state index contributed by atoms with van der Waals surface area (Å²) >= 11 is 12.8. The van der Waals surface area contributed by atoms with Crippen LogP contribution in [-0.4, -0.2) is 5.97 Å². The average Bonchev–Trinajstić information content (AvgIpc) is 3.07. The molecular formula is C19H14Cl2NO2-. The topological polar surface area (TPSA) is 52.2 Å². The standard InChI is InChI=1S/C19H15Cl2NO2/c20-14-8-9-15(21)18-16(14)12-2-1-3-13(12)17(22-18)10-4-6-11(7-5-10)19(23)24/h1-2,4-9,12-13,17,22H,3H2,(H,23,24)/p-1/t12-,13-,17-/m1/s1. The van der Waals surface area contributed by atoms with Crippen LogP contribution in [0.1, 0.15) is 39.9 Å². The van der Waals surface area contributed by atoms with E-state index >= 15 is 0 Å². The number of aromatic carboxylic acids is 1. The molecule has 2 aliphatic rings. The lowest BCUT2D eigenvalue weighted by Crippen LogP contribution is -2.29. The fourth-order valence-electron chi connectivity index (χ4n) is 3.79. The van der Waals surface area contributed by atoms with E-state index in [1.54, 1.807) is 18.2 Å². The fraction of sp³-hybridized carbons (Fsp3) is 0.211. The molecule has 122 valence electrons. The van der Waals surface area contributed by atoms with E-state index in [0.29, 0.717) is 16.0 Å². The maximum Gasteiger partial charge on any atom is 0.0715 e. The van der Waals surface area contributed by atoms with E-state index in [4.69, 9.17) is 23.2 Å². The summed E-state index contributed by atoms with van der Waals surface area (Å²) in [4.78, 5) is 10.9. The lowest BCUT2D eigenvalue weighted by atomic mass is 9.77. The van der Waals surface area contributed by atoms with Crippen molar-refractivity contribution in [3.8, 4) is 0 Å². The minimum atomic E-state index is -1.17. The highest BCUT2D eigenvalue weighted by atomic mass is 35.5. The molecule has 0 spiro atoms. The molecular weight excluding hydrogens is 345 g/mol. The number of carbonyl (C=O) groups excluding carboxylic acids is 1. The van der Waals surface area contributed by atoms with Crippen molar-refractivity contribution in [2.24, 2.45) is 5.92 Å². The number of carboxylic acids is 1. The summed E-state index contributed by atoms with van der Waals surface area (Å²) in [7, 11) is 0. The molecule has 0 aromatic heterocycles. The van der Waals surface area contributed by atoms with Crippen LogP contribution < -0.4 is 10.4 Å². The second-order valence-corrected chi connectivity index (χ2v) is 7.02. The van der Waals surface area contributed by atoms with Gasteiger partial charge in [0.1, 0.15) is 0 Å². The lowest BCUT2D eigenvalue weighted by molar-refractivity contribution is -0.255. The van der Waals surface area contributed by atoms with Crippen LogP contribution in [-0.2, 0) is 0 Å². The highest BCUT2D eigenvalue weighted by Crippen LogP contribution is 2.53. The van der Waals surface area contributed by atoms with Gasteiger partial charge >= 0.3 is 0 Å².